The number of nitrogens with zero attached hydrogens (tertiary/aromatic N) is 3. The minimum Gasteiger partial charge on any atom is -0.380 e. The van der Waals surface area contributed by atoms with Crippen molar-refractivity contribution in [3.05, 3.63) is 16.4 Å². The van der Waals surface area contributed by atoms with E-state index in [2.05, 4.69) is 27.5 Å². The number of unbranched alkanes of at least 4 members (excludes halogenated alkanes) is 1. The molecule has 0 fully saturated rings. The van der Waals surface area contributed by atoms with Crippen LogP contribution in [0.4, 0.5) is 17.3 Å². The molecule has 0 saturated heterocycles. The molecule has 0 aliphatic carbocycles. The van der Waals surface area contributed by atoms with E-state index in [0.717, 1.165) is 12.8 Å². The van der Waals surface area contributed by atoms with Gasteiger partial charge in [0.1, 0.15) is 6.33 Å². The molecule has 112 valence electrons. The lowest BCUT2D eigenvalue weighted by molar-refractivity contribution is -0.383. The number of hydrogen-bond acceptors (Lipinski definition) is 7. The quantitative estimate of drug-likeness (QED) is 0.385. The van der Waals surface area contributed by atoms with Crippen LogP contribution in [0.15, 0.2) is 6.33 Å². The third-order valence-electron chi connectivity index (χ3n) is 2.53. The average Bonchev–Trinajstić information content (AvgIpc) is 2.43. The first-order valence-electron chi connectivity index (χ1n) is 6.75. The Morgan fingerprint density at radius 1 is 1.25 bits per heavy atom. The van der Waals surface area contributed by atoms with Gasteiger partial charge >= 0.3 is 5.69 Å². The van der Waals surface area contributed by atoms with Crippen LogP contribution < -0.4 is 10.6 Å². The number of hydrogen-bond donors (Lipinski definition) is 2. The Labute approximate surface area is 118 Å². The Morgan fingerprint density at radius 3 is 2.55 bits per heavy atom. The Morgan fingerprint density at radius 2 is 1.95 bits per heavy atom. The molecule has 0 bridgehead atoms. The van der Waals surface area contributed by atoms with Gasteiger partial charge in [0.25, 0.3) is 0 Å². The van der Waals surface area contributed by atoms with E-state index in [9.17, 15) is 10.1 Å². The lowest BCUT2D eigenvalue weighted by atomic mass is 10.4. The number of rotatable bonds is 10. The standard InChI is InChI=1S/C12H21N5O3/c1-3-5-7-20-8-6-14-12-10(17(18)19)11(13-4-2)15-9-16-12/h9H,3-8H2,1-2H3,(H2,13,14,15,16). The maximum Gasteiger partial charge on any atom is 0.353 e. The van der Waals surface area contributed by atoms with Crippen molar-refractivity contribution in [1.82, 2.24) is 9.97 Å². The highest BCUT2D eigenvalue weighted by atomic mass is 16.6. The summed E-state index contributed by atoms with van der Waals surface area (Å²) in [6.45, 7) is 6.14. The van der Waals surface area contributed by atoms with Gasteiger partial charge in [-0.25, -0.2) is 9.97 Å². The molecule has 0 aliphatic rings. The molecule has 0 amide bonds. The summed E-state index contributed by atoms with van der Waals surface area (Å²) in [4.78, 5) is 18.4. The van der Waals surface area contributed by atoms with Gasteiger partial charge in [0.2, 0.25) is 11.6 Å². The molecule has 8 heteroatoms. The Kier molecular flexibility index (Phi) is 7.26. The lowest BCUT2D eigenvalue weighted by Crippen LogP contribution is -2.14. The van der Waals surface area contributed by atoms with Crippen molar-refractivity contribution in [3.8, 4) is 0 Å². The van der Waals surface area contributed by atoms with Crippen molar-refractivity contribution < 1.29 is 9.66 Å². The van der Waals surface area contributed by atoms with Crippen LogP contribution >= 0.6 is 0 Å². The van der Waals surface area contributed by atoms with Crippen molar-refractivity contribution >= 4 is 17.3 Å². The van der Waals surface area contributed by atoms with Crippen LogP contribution in [0.5, 0.6) is 0 Å². The molecule has 0 spiro atoms. The molecular weight excluding hydrogens is 262 g/mol. The van der Waals surface area contributed by atoms with Crippen molar-refractivity contribution in [2.75, 3.05) is 36.9 Å². The van der Waals surface area contributed by atoms with Gasteiger partial charge in [-0.1, -0.05) is 13.3 Å². The SMILES string of the molecule is CCCCOCCNc1ncnc(NCC)c1[N+](=O)[O-]. The topological polar surface area (TPSA) is 102 Å². The van der Waals surface area contributed by atoms with Gasteiger partial charge < -0.3 is 15.4 Å². The minimum absolute atomic E-state index is 0.136. The predicted octanol–water partition coefficient (Wildman–Crippen LogP) is 2.05. The number of nitrogens with one attached hydrogen (secondary N) is 2. The highest BCUT2D eigenvalue weighted by Gasteiger charge is 2.21. The summed E-state index contributed by atoms with van der Waals surface area (Å²) >= 11 is 0. The highest BCUT2D eigenvalue weighted by Crippen LogP contribution is 2.28. The van der Waals surface area contributed by atoms with E-state index < -0.39 is 4.92 Å². The van der Waals surface area contributed by atoms with Crippen LogP contribution in [-0.2, 0) is 4.74 Å². The first-order chi connectivity index (χ1) is 9.70. The normalized spacial score (nSPS) is 10.3. The predicted molar refractivity (Wildman–Crippen MR) is 77.1 cm³/mol. The first kappa shape index (κ1) is 16.1. The Balaban J connectivity index is 2.60. The van der Waals surface area contributed by atoms with E-state index in [1.165, 1.54) is 6.33 Å². The molecule has 0 saturated carbocycles. The van der Waals surface area contributed by atoms with Crippen LogP contribution in [0.2, 0.25) is 0 Å². The van der Waals surface area contributed by atoms with Gasteiger partial charge in [-0.05, 0) is 13.3 Å². The number of nitro groups is 1. The third kappa shape index (κ3) is 4.96. The molecule has 20 heavy (non-hydrogen) atoms. The van der Waals surface area contributed by atoms with E-state index in [4.69, 9.17) is 4.74 Å². The molecule has 8 nitrogen and oxygen atoms in total. The Hall–Kier alpha value is -1.96. The molecule has 0 aliphatic heterocycles. The van der Waals surface area contributed by atoms with Gasteiger partial charge in [0.15, 0.2) is 0 Å². The van der Waals surface area contributed by atoms with Crippen LogP contribution in [-0.4, -0.2) is 41.2 Å². The number of ether oxygens (including phenoxy) is 1. The zero-order valence-electron chi connectivity index (χ0n) is 11.9. The zero-order valence-corrected chi connectivity index (χ0v) is 11.9. The van der Waals surface area contributed by atoms with Gasteiger partial charge in [-0.3, -0.25) is 10.1 Å². The maximum absolute atomic E-state index is 11.1. The second-order valence-corrected chi connectivity index (χ2v) is 4.10. The summed E-state index contributed by atoms with van der Waals surface area (Å²) in [6, 6.07) is 0. The summed E-state index contributed by atoms with van der Waals surface area (Å²) < 4.78 is 5.38. The van der Waals surface area contributed by atoms with E-state index in [1.54, 1.807) is 0 Å². The van der Waals surface area contributed by atoms with Crippen LogP contribution in [0, 0.1) is 10.1 Å². The van der Waals surface area contributed by atoms with Gasteiger partial charge in [0.05, 0.1) is 11.5 Å². The van der Waals surface area contributed by atoms with Gasteiger partial charge in [-0.2, -0.15) is 0 Å². The summed E-state index contributed by atoms with van der Waals surface area (Å²) in [5, 5.41) is 16.9. The molecule has 1 aromatic rings. The molecule has 2 N–H and O–H groups in total. The van der Waals surface area contributed by atoms with Crippen molar-refractivity contribution in [3.63, 3.8) is 0 Å². The van der Waals surface area contributed by atoms with Crippen molar-refractivity contribution in [2.45, 2.75) is 26.7 Å². The summed E-state index contributed by atoms with van der Waals surface area (Å²) in [5.74, 6) is 0.432. The fourth-order valence-electron chi connectivity index (χ4n) is 1.57. The Bertz CT molecular complexity index is 428. The summed E-state index contributed by atoms with van der Waals surface area (Å²) in [5.41, 5.74) is -0.136. The molecule has 1 aromatic heterocycles. The molecule has 1 rings (SSSR count). The maximum atomic E-state index is 11.1. The van der Waals surface area contributed by atoms with Crippen LogP contribution in [0.3, 0.4) is 0 Å². The second-order valence-electron chi connectivity index (χ2n) is 4.10. The fraction of sp³-hybridized carbons (Fsp3) is 0.667. The largest absolute Gasteiger partial charge is 0.380 e. The average molecular weight is 283 g/mol. The summed E-state index contributed by atoms with van der Waals surface area (Å²) in [7, 11) is 0. The molecule has 0 atom stereocenters. The molecule has 0 aromatic carbocycles. The third-order valence-corrected chi connectivity index (χ3v) is 2.53. The highest BCUT2D eigenvalue weighted by molar-refractivity contribution is 5.69. The van der Waals surface area contributed by atoms with Gasteiger partial charge in [-0.15, -0.1) is 0 Å². The van der Waals surface area contributed by atoms with Crippen molar-refractivity contribution in [1.29, 1.82) is 0 Å². The monoisotopic (exact) mass is 283 g/mol. The van der Waals surface area contributed by atoms with Crippen molar-refractivity contribution in [2.24, 2.45) is 0 Å². The molecule has 0 unspecified atom stereocenters. The van der Waals surface area contributed by atoms with Gasteiger partial charge in [0, 0.05) is 19.7 Å². The summed E-state index contributed by atoms with van der Waals surface area (Å²) in [6.07, 6.45) is 3.39. The van der Waals surface area contributed by atoms with Crippen LogP contribution in [0.25, 0.3) is 0 Å². The number of anilines is 2. The number of aromatic nitrogens is 2. The molecule has 0 radical (unpaired) electrons. The molecule has 1 heterocycles. The lowest BCUT2D eigenvalue weighted by Gasteiger charge is -2.09. The van der Waals surface area contributed by atoms with Crippen LogP contribution in [0.1, 0.15) is 26.7 Å². The fourth-order valence-corrected chi connectivity index (χ4v) is 1.57. The zero-order chi connectivity index (χ0) is 14.8. The minimum atomic E-state index is -0.488. The smallest absolute Gasteiger partial charge is 0.353 e. The van der Waals surface area contributed by atoms with E-state index in [-0.39, 0.29) is 17.3 Å². The van der Waals surface area contributed by atoms with E-state index in [1.807, 2.05) is 6.92 Å². The first-order valence-corrected chi connectivity index (χ1v) is 6.75. The van der Waals surface area contributed by atoms with E-state index >= 15 is 0 Å². The second kappa shape index (κ2) is 9.03. The van der Waals surface area contributed by atoms with E-state index in [0.29, 0.717) is 26.3 Å². The molecular formula is C12H21N5O3.